The van der Waals surface area contributed by atoms with Crippen molar-refractivity contribution in [3.63, 3.8) is 0 Å². The molecule has 0 aliphatic rings. The summed E-state index contributed by atoms with van der Waals surface area (Å²) in [5.41, 5.74) is 12.3. The van der Waals surface area contributed by atoms with Gasteiger partial charge in [0.05, 0.1) is 7.11 Å². The molecule has 0 saturated heterocycles. The van der Waals surface area contributed by atoms with Crippen molar-refractivity contribution in [1.29, 1.82) is 0 Å². The molecule has 0 heterocycles. The molecule has 6 N–H and O–H groups in total. The lowest BCUT2D eigenvalue weighted by molar-refractivity contribution is -0.145. The molecule has 182 valence electrons. The molecule has 0 bridgehead atoms. The number of amides is 2. The number of nitrogens with one attached hydrogen (secondary N) is 2. The lowest BCUT2D eigenvalue weighted by atomic mass is 10.0. The fourth-order valence-corrected chi connectivity index (χ4v) is 3.13. The van der Waals surface area contributed by atoms with E-state index in [2.05, 4.69) is 15.6 Å². The van der Waals surface area contributed by atoms with Crippen LogP contribution in [-0.4, -0.2) is 49.7 Å². The van der Waals surface area contributed by atoms with Gasteiger partial charge in [0.2, 0.25) is 5.91 Å². The molecule has 2 aromatic rings. The monoisotopic (exact) mass is 469 g/mol. The first-order valence-corrected chi connectivity index (χ1v) is 10.8. The third-order valence-electron chi connectivity index (χ3n) is 4.85. The number of esters is 1. The van der Waals surface area contributed by atoms with Crippen LogP contribution in [0.4, 0.5) is 4.79 Å². The first-order valence-electron chi connectivity index (χ1n) is 10.8. The number of benzene rings is 2. The lowest BCUT2D eigenvalue weighted by Crippen LogP contribution is -2.52. The Morgan fingerprint density at radius 2 is 1.53 bits per heavy atom. The quantitative estimate of drug-likeness (QED) is 0.157. The highest BCUT2D eigenvalue weighted by atomic mass is 16.5. The minimum Gasteiger partial charge on any atom is -0.467 e. The Morgan fingerprint density at radius 3 is 2.12 bits per heavy atom. The maximum absolute atomic E-state index is 13.1. The van der Waals surface area contributed by atoms with Crippen molar-refractivity contribution in [2.45, 2.75) is 38.0 Å². The van der Waals surface area contributed by atoms with E-state index in [-0.39, 0.29) is 25.4 Å². The standard InChI is InChI=1S/C24H31N5O5/c1-33-22(31)19(13-8-14-27-23(25)26)28-21(30)20(15-17-9-4-2-5-10-17)29-24(32)34-16-18-11-6-3-7-12-18/h2-7,9-12,19-20H,8,13-16H2,1H3,(H,28,30)(H,29,32)(H4,25,26,27). The van der Waals surface area contributed by atoms with Gasteiger partial charge in [0, 0.05) is 13.0 Å². The number of hydrogen-bond donors (Lipinski definition) is 4. The molecule has 2 amide bonds. The Bertz CT molecular complexity index is 949. The zero-order chi connectivity index (χ0) is 24.8. The average molecular weight is 470 g/mol. The van der Waals surface area contributed by atoms with Crippen LogP contribution in [0.1, 0.15) is 24.0 Å². The van der Waals surface area contributed by atoms with E-state index in [1.54, 1.807) is 0 Å². The van der Waals surface area contributed by atoms with E-state index in [0.29, 0.717) is 13.0 Å². The molecule has 0 radical (unpaired) electrons. The second-order valence-corrected chi connectivity index (χ2v) is 7.48. The maximum atomic E-state index is 13.1. The lowest BCUT2D eigenvalue weighted by Gasteiger charge is -2.22. The molecule has 0 spiro atoms. The molecule has 10 nitrogen and oxygen atoms in total. The van der Waals surface area contributed by atoms with E-state index in [9.17, 15) is 14.4 Å². The number of nitrogens with zero attached hydrogens (tertiary/aromatic N) is 1. The number of nitrogens with two attached hydrogens (primary N) is 2. The third-order valence-corrected chi connectivity index (χ3v) is 4.85. The summed E-state index contributed by atoms with van der Waals surface area (Å²) in [6.07, 6.45) is 0.150. The van der Waals surface area contributed by atoms with Crippen LogP contribution in [0.5, 0.6) is 0 Å². The number of methoxy groups -OCH3 is 1. The number of hydrogen-bond acceptors (Lipinski definition) is 6. The minimum atomic E-state index is -0.976. The molecule has 10 heteroatoms. The molecular weight excluding hydrogens is 438 g/mol. The number of aliphatic imine (C=N–C) groups is 1. The Balaban J connectivity index is 2.05. The van der Waals surface area contributed by atoms with Gasteiger partial charge in [-0.1, -0.05) is 60.7 Å². The smallest absolute Gasteiger partial charge is 0.408 e. The van der Waals surface area contributed by atoms with E-state index in [0.717, 1.165) is 11.1 Å². The van der Waals surface area contributed by atoms with Gasteiger partial charge in [-0.05, 0) is 24.0 Å². The van der Waals surface area contributed by atoms with Gasteiger partial charge in [-0.3, -0.25) is 9.79 Å². The third kappa shape index (κ3) is 9.60. The second-order valence-electron chi connectivity index (χ2n) is 7.48. The van der Waals surface area contributed by atoms with Gasteiger partial charge < -0.3 is 31.6 Å². The van der Waals surface area contributed by atoms with Gasteiger partial charge in [-0.25, -0.2) is 9.59 Å². The second kappa shape index (κ2) is 14.1. The summed E-state index contributed by atoms with van der Waals surface area (Å²) in [7, 11) is 1.23. The van der Waals surface area contributed by atoms with Gasteiger partial charge >= 0.3 is 12.1 Å². The van der Waals surface area contributed by atoms with Crippen molar-refractivity contribution in [2.75, 3.05) is 13.7 Å². The molecule has 0 saturated carbocycles. The summed E-state index contributed by atoms with van der Waals surface area (Å²) < 4.78 is 10.1. The van der Waals surface area contributed by atoms with Crippen LogP contribution in [0.2, 0.25) is 0 Å². The van der Waals surface area contributed by atoms with Gasteiger partial charge in [-0.15, -0.1) is 0 Å². The van der Waals surface area contributed by atoms with Gasteiger partial charge in [0.25, 0.3) is 0 Å². The predicted octanol–water partition coefficient (Wildman–Crippen LogP) is 1.24. The predicted molar refractivity (Wildman–Crippen MR) is 128 cm³/mol. The summed E-state index contributed by atoms with van der Waals surface area (Å²) in [6.45, 7) is 0.352. The van der Waals surface area contributed by atoms with Crippen LogP contribution < -0.4 is 22.1 Å². The van der Waals surface area contributed by atoms with Crippen LogP contribution in [-0.2, 0) is 32.1 Å². The average Bonchev–Trinajstić information content (AvgIpc) is 2.84. The first-order chi connectivity index (χ1) is 16.4. The Morgan fingerprint density at radius 1 is 0.912 bits per heavy atom. The van der Waals surface area contributed by atoms with E-state index in [4.69, 9.17) is 20.9 Å². The first kappa shape index (κ1) is 26.2. The Kier molecular flexibility index (Phi) is 10.9. The van der Waals surface area contributed by atoms with Crippen molar-refractivity contribution >= 4 is 23.9 Å². The van der Waals surface area contributed by atoms with Crippen LogP contribution in [0.15, 0.2) is 65.7 Å². The summed E-state index contributed by atoms with van der Waals surface area (Å²) >= 11 is 0. The number of ether oxygens (including phenoxy) is 2. The highest BCUT2D eigenvalue weighted by Gasteiger charge is 2.27. The van der Waals surface area contributed by atoms with Crippen LogP contribution >= 0.6 is 0 Å². The van der Waals surface area contributed by atoms with Gasteiger partial charge in [0.15, 0.2) is 5.96 Å². The summed E-state index contributed by atoms with van der Waals surface area (Å²) in [5.74, 6) is -1.21. The highest BCUT2D eigenvalue weighted by molar-refractivity contribution is 5.89. The largest absolute Gasteiger partial charge is 0.467 e. The van der Waals surface area contributed by atoms with Crippen molar-refractivity contribution < 1.29 is 23.9 Å². The molecule has 0 aliphatic carbocycles. The Labute approximate surface area is 198 Å². The zero-order valence-electron chi connectivity index (χ0n) is 19.1. The Hall–Kier alpha value is -4.08. The highest BCUT2D eigenvalue weighted by Crippen LogP contribution is 2.07. The van der Waals surface area contributed by atoms with Crippen molar-refractivity contribution in [2.24, 2.45) is 16.5 Å². The number of rotatable bonds is 12. The number of alkyl carbamates (subject to hydrolysis) is 1. The molecule has 0 fully saturated rings. The molecule has 0 aliphatic heterocycles. The molecule has 2 rings (SSSR count). The molecule has 34 heavy (non-hydrogen) atoms. The molecule has 2 atom stereocenters. The number of carbonyl (C=O) groups excluding carboxylic acids is 3. The van der Waals surface area contributed by atoms with E-state index >= 15 is 0 Å². The van der Waals surface area contributed by atoms with Crippen molar-refractivity contribution in [3.8, 4) is 0 Å². The summed E-state index contributed by atoms with van der Waals surface area (Å²) in [5, 5.41) is 5.26. The molecule has 2 unspecified atom stereocenters. The summed E-state index contributed by atoms with van der Waals surface area (Å²) in [4.78, 5) is 41.6. The minimum absolute atomic E-state index is 0.0557. The summed E-state index contributed by atoms with van der Waals surface area (Å²) in [6, 6.07) is 16.5. The molecule has 2 aromatic carbocycles. The van der Waals surface area contributed by atoms with Gasteiger partial charge in [0.1, 0.15) is 18.7 Å². The zero-order valence-corrected chi connectivity index (χ0v) is 19.1. The fraction of sp³-hybridized carbons (Fsp3) is 0.333. The van der Waals surface area contributed by atoms with Crippen LogP contribution in [0, 0.1) is 0 Å². The maximum Gasteiger partial charge on any atom is 0.408 e. The normalized spacial score (nSPS) is 12.0. The SMILES string of the molecule is COC(=O)C(CCCN=C(N)N)NC(=O)C(Cc1ccccc1)NC(=O)OCc1ccccc1. The van der Waals surface area contributed by atoms with Crippen molar-refractivity contribution in [3.05, 3.63) is 71.8 Å². The van der Waals surface area contributed by atoms with E-state index in [1.807, 2.05) is 60.7 Å². The van der Waals surface area contributed by atoms with Crippen LogP contribution in [0.3, 0.4) is 0 Å². The number of carbonyl (C=O) groups is 3. The molecule has 0 aromatic heterocycles. The number of guanidine groups is 1. The van der Waals surface area contributed by atoms with Crippen LogP contribution in [0.25, 0.3) is 0 Å². The van der Waals surface area contributed by atoms with E-state index in [1.165, 1.54) is 7.11 Å². The topological polar surface area (TPSA) is 158 Å². The fourth-order valence-electron chi connectivity index (χ4n) is 3.13. The van der Waals surface area contributed by atoms with Crippen molar-refractivity contribution in [1.82, 2.24) is 10.6 Å². The molecular formula is C24H31N5O5. The van der Waals surface area contributed by atoms with Gasteiger partial charge in [-0.2, -0.15) is 0 Å². The van der Waals surface area contributed by atoms with E-state index < -0.39 is 30.1 Å².